The summed E-state index contributed by atoms with van der Waals surface area (Å²) < 4.78 is 66.0. The molecule has 0 aromatic heterocycles. The lowest BCUT2D eigenvalue weighted by atomic mass is 9.60. The fraction of sp³-hybridized carbons (Fsp3) is 0.667. The van der Waals surface area contributed by atoms with E-state index in [1.165, 1.54) is 18.2 Å². The first kappa shape index (κ1) is 22.9. The van der Waals surface area contributed by atoms with Crippen molar-refractivity contribution in [3.8, 4) is 5.75 Å². The molecule has 0 aliphatic heterocycles. The Morgan fingerprint density at radius 3 is 2.47 bits per heavy atom. The number of carbonyl (C=O) groups is 1. The molecule has 0 radical (unpaired) electrons. The Kier molecular flexibility index (Phi) is 6.69. The third-order valence-corrected chi connectivity index (χ3v) is 7.86. The lowest BCUT2D eigenvalue weighted by Gasteiger charge is -2.48. The largest absolute Gasteiger partial charge is 0.573 e. The number of para-hydroxylation sites is 1. The van der Waals surface area contributed by atoms with Gasteiger partial charge in [0, 0.05) is 12.3 Å². The van der Waals surface area contributed by atoms with Gasteiger partial charge in [-0.15, -0.1) is 13.2 Å². The van der Waals surface area contributed by atoms with E-state index in [0.717, 1.165) is 25.3 Å². The molecule has 1 aromatic carbocycles. The number of alkyl halides is 3. The highest BCUT2D eigenvalue weighted by Crippen LogP contribution is 2.54. The highest BCUT2D eigenvalue weighted by molar-refractivity contribution is 7.91. The lowest BCUT2D eigenvalue weighted by Crippen LogP contribution is -2.48. The Morgan fingerprint density at radius 1 is 1.20 bits per heavy atom. The number of hydrogen-bond donors (Lipinski definition) is 1. The monoisotopic (exact) mass is 447 g/mol. The van der Waals surface area contributed by atoms with E-state index >= 15 is 0 Å². The summed E-state index contributed by atoms with van der Waals surface area (Å²) in [6.07, 6.45) is 0.332. The molecule has 168 valence electrons. The minimum absolute atomic E-state index is 0.0815. The Balaban J connectivity index is 1.62. The van der Waals surface area contributed by atoms with Crippen molar-refractivity contribution < 1.29 is 31.1 Å². The number of hydrogen-bond acceptors (Lipinski definition) is 4. The van der Waals surface area contributed by atoms with Crippen LogP contribution in [0.1, 0.15) is 55.8 Å². The second-order valence-corrected chi connectivity index (χ2v) is 11.0. The predicted octanol–water partition coefficient (Wildman–Crippen LogP) is 4.34. The summed E-state index contributed by atoms with van der Waals surface area (Å²) >= 11 is 0. The van der Waals surface area contributed by atoms with E-state index in [2.05, 4.69) is 10.1 Å². The van der Waals surface area contributed by atoms with Gasteiger partial charge in [-0.25, -0.2) is 8.42 Å². The van der Waals surface area contributed by atoms with Gasteiger partial charge in [0.2, 0.25) is 0 Å². The molecule has 2 fully saturated rings. The molecule has 1 N–H and O–H groups in total. The van der Waals surface area contributed by atoms with Gasteiger partial charge in [-0.3, -0.25) is 4.79 Å². The van der Waals surface area contributed by atoms with E-state index in [-0.39, 0.29) is 28.4 Å². The number of rotatable bonds is 10. The van der Waals surface area contributed by atoms with Crippen molar-refractivity contribution in [3.05, 3.63) is 29.8 Å². The Bertz CT molecular complexity index is 859. The van der Waals surface area contributed by atoms with Gasteiger partial charge < -0.3 is 10.1 Å². The third kappa shape index (κ3) is 6.36. The van der Waals surface area contributed by atoms with Gasteiger partial charge in [-0.05, 0) is 55.1 Å². The number of ether oxygens (including phenoxy) is 1. The van der Waals surface area contributed by atoms with Crippen LogP contribution in [0.5, 0.6) is 5.75 Å². The standard InChI is InChI=1S/C21H28F3NO4S/c1-2-9-30(27,28)13-16-11-20(12-16,10-15-7-8-15)14-25-19(26)17-5-3-4-6-18(17)29-21(22,23)24/h3-6,15-16H,2,7-14H2,1H3,(H,25,26). The van der Waals surface area contributed by atoms with Gasteiger partial charge in [0.25, 0.3) is 5.91 Å². The van der Waals surface area contributed by atoms with Gasteiger partial charge in [0.15, 0.2) is 9.84 Å². The number of benzene rings is 1. The van der Waals surface area contributed by atoms with Crippen molar-refractivity contribution >= 4 is 15.7 Å². The SMILES string of the molecule is CCCS(=O)(=O)CC1CC(CNC(=O)c2ccccc2OC(F)(F)F)(CC2CC2)C1. The van der Waals surface area contributed by atoms with Crippen molar-refractivity contribution in [3.63, 3.8) is 0 Å². The van der Waals surface area contributed by atoms with Crippen LogP contribution in [0.25, 0.3) is 0 Å². The van der Waals surface area contributed by atoms with Gasteiger partial charge in [0.05, 0.1) is 11.3 Å². The van der Waals surface area contributed by atoms with Crippen LogP contribution in [-0.2, 0) is 9.84 Å². The molecule has 9 heteroatoms. The number of amides is 1. The zero-order chi connectivity index (χ0) is 22.0. The molecule has 0 atom stereocenters. The van der Waals surface area contributed by atoms with E-state index in [1.807, 2.05) is 6.92 Å². The fourth-order valence-electron chi connectivity index (χ4n) is 4.58. The predicted molar refractivity (Wildman–Crippen MR) is 107 cm³/mol. The van der Waals surface area contributed by atoms with Crippen LogP contribution in [-0.4, -0.2) is 38.7 Å². The molecule has 0 unspecified atom stereocenters. The molecule has 3 rings (SSSR count). The van der Waals surface area contributed by atoms with Crippen LogP contribution in [0.2, 0.25) is 0 Å². The summed E-state index contributed by atoms with van der Waals surface area (Å²) in [6, 6.07) is 5.26. The normalized spacial score (nSPS) is 24.2. The average molecular weight is 448 g/mol. The van der Waals surface area contributed by atoms with Crippen LogP contribution >= 0.6 is 0 Å². The molecule has 2 aliphatic carbocycles. The minimum atomic E-state index is -4.88. The lowest BCUT2D eigenvalue weighted by molar-refractivity contribution is -0.274. The van der Waals surface area contributed by atoms with Crippen molar-refractivity contribution in [1.29, 1.82) is 0 Å². The zero-order valence-electron chi connectivity index (χ0n) is 17.0. The zero-order valence-corrected chi connectivity index (χ0v) is 17.8. The molecule has 2 saturated carbocycles. The third-order valence-electron chi connectivity index (χ3n) is 5.85. The first-order chi connectivity index (χ1) is 14.0. The van der Waals surface area contributed by atoms with Gasteiger partial charge >= 0.3 is 6.36 Å². The molecule has 1 aromatic rings. The van der Waals surface area contributed by atoms with E-state index in [4.69, 9.17) is 0 Å². The molecule has 0 saturated heterocycles. The van der Waals surface area contributed by atoms with E-state index in [9.17, 15) is 26.4 Å². The smallest absolute Gasteiger partial charge is 0.405 e. The van der Waals surface area contributed by atoms with Gasteiger partial charge in [0.1, 0.15) is 5.75 Å². The first-order valence-electron chi connectivity index (χ1n) is 10.3. The van der Waals surface area contributed by atoms with Crippen LogP contribution in [0.4, 0.5) is 13.2 Å². The number of halogens is 3. The van der Waals surface area contributed by atoms with Crippen molar-refractivity contribution in [2.45, 2.75) is 51.8 Å². The maximum Gasteiger partial charge on any atom is 0.573 e. The molecule has 30 heavy (non-hydrogen) atoms. The second kappa shape index (κ2) is 8.77. The highest BCUT2D eigenvalue weighted by Gasteiger charge is 2.48. The Morgan fingerprint density at radius 2 is 1.87 bits per heavy atom. The maximum absolute atomic E-state index is 12.6. The van der Waals surface area contributed by atoms with E-state index in [0.29, 0.717) is 31.7 Å². The molecule has 2 aliphatic rings. The van der Waals surface area contributed by atoms with Gasteiger partial charge in [-0.1, -0.05) is 31.9 Å². The fourth-order valence-corrected chi connectivity index (χ4v) is 6.33. The van der Waals surface area contributed by atoms with Crippen LogP contribution < -0.4 is 10.1 Å². The van der Waals surface area contributed by atoms with Crippen molar-refractivity contribution in [2.75, 3.05) is 18.1 Å². The van der Waals surface area contributed by atoms with E-state index in [1.54, 1.807) is 0 Å². The highest BCUT2D eigenvalue weighted by atomic mass is 32.2. The summed E-state index contributed by atoms with van der Waals surface area (Å²) in [6.45, 7) is 2.17. The molecule has 5 nitrogen and oxygen atoms in total. The molecule has 0 heterocycles. The summed E-state index contributed by atoms with van der Waals surface area (Å²) in [5.74, 6) is -0.119. The number of sulfone groups is 1. The van der Waals surface area contributed by atoms with Crippen LogP contribution in [0.3, 0.4) is 0 Å². The Labute approximate surface area is 175 Å². The summed E-state index contributed by atoms with van der Waals surface area (Å²) in [4.78, 5) is 12.6. The molecular weight excluding hydrogens is 419 g/mol. The summed E-state index contributed by atoms with van der Waals surface area (Å²) in [5, 5.41) is 2.77. The average Bonchev–Trinajstić information content (AvgIpc) is 3.40. The molecule has 0 spiro atoms. The maximum atomic E-state index is 12.6. The molecule has 0 bridgehead atoms. The van der Waals surface area contributed by atoms with Crippen molar-refractivity contribution in [2.24, 2.45) is 17.3 Å². The summed E-state index contributed by atoms with van der Waals surface area (Å²) in [5.41, 5.74) is -0.346. The topological polar surface area (TPSA) is 72.5 Å². The molecular formula is C21H28F3NO4S. The number of nitrogens with one attached hydrogen (secondary N) is 1. The second-order valence-electron chi connectivity index (χ2n) is 8.76. The quantitative estimate of drug-likeness (QED) is 0.579. The van der Waals surface area contributed by atoms with Gasteiger partial charge in [-0.2, -0.15) is 0 Å². The number of carbonyl (C=O) groups excluding carboxylic acids is 1. The summed E-state index contributed by atoms with van der Waals surface area (Å²) in [7, 11) is -3.06. The van der Waals surface area contributed by atoms with Crippen molar-refractivity contribution in [1.82, 2.24) is 5.32 Å². The minimum Gasteiger partial charge on any atom is -0.405 e. The van der Waals surface area contributed by atoms with Crippen LogP contribution in [0.15, 0.2) is 24.3 Å². The van der Waals surface area contributed by atoms with E-state index < -0.39 is 27.9 Å². The first-order valence-corrected chi connectivity index (χ1v) is 12.2. The Hall–Kier alpha value is -1.77. The molecule has 1 amide bonds. The van der Waals surface area contributed by atoms with Crippen LogP contribution in [0, 0.1) is 17.3 Å².